The van der Waals surface area contributed by atoms with Crippen molar-refractivity contribution in [3.05, 3.63) is 71.3 Å². The summed E-state index contributed by atoms with van der Waals surface area (Å²) in [5.74, 6) is 0. The van der Waals surface area contributed by atoms with Crippen molar-refractivity contribution in [1.29, 1.82) is 0 Å². The van der Waals surface area contributed by atoms with E-state index >= 15 is 0 Å². The number of rotatable bonds is 6. The van der Waals surface area contributed by atoms with Crippen LogP contribution in [0.3, 0.4) is 0 Å². The lowest BCUT2D eigenvalue weighted by atomic mass is 10.0. The number of hydrogen-bond donors (Lipinski definition) is 0. The van der Waals surface area contributed by atoms with Crippen LogP contribution in [0.25, 0.3) is 0 Å². The highest BCUT2D eigenvalue weighted by atomic mass is 16.2. The Morgan fingerprint density at radius 1 is 1.04 bits per heavy atom. The largest absolute Gasteiger partial charge is 0.369 e. The summed E-state index contributed by atoms with van der Waals surface area (Å²) in [6.45, 7) is 4.29. The standard InChI is InChI=1S/C20H24N4O/c1-3-9-17-18(15-16-11-6-5-7-12-16)22-24(19(17)10-4-2)20(25)23-14-8-13-21-23/h5-8,11-14H,3-4,9-10,15H2,1-2H3. The van der Waals surface area contributed by atoms with Gasteiger partial charge in [-0.15, -0.1) is 0 Å². The Morgan fingerprint density at radius 3 is 2.44 bits per heavy atom. The van der Waals surface area contributed by atoms with Gasteiger partial charge in [-0.2, -0.15) is 19.6 Å². The summed E-state index contributed by atoms with van der Waals surface area (Å²) in [5.41, 5.74) is 4.44. The van der Waals surface area contributed by atoms with Gasteiger partial charge in [0, 0.05) is 18.8 Å². The monoisotopic (exact) mass is 336 g/mol. The molecule has 0 spiro atoms. The predicted molar refractivity (Wildman–Crippen MR) is 97.9 cm³/mol. The summed E-state index contributed by atoms with van der Waals surface area (Å²) in [6, 6.07) is 11.8. The molecule has 0 aliphatic carbocycles. The zero-order valence-electron chi connectivity index (χ0n) is 14.9. The molecule has 0 aliphatic heterocycles. The Morgan fingerprint density at radius 2 is 1.80 bits per heavy atom. The zero-order valence-corrected chi connectivity index (χ0v) is 14.9. The number of carbonyl (C=O) groups is 1. The Labute approximate surface area is 148 Å². The maximum atomic E-state index is 12.8. The molecular formula is C20H24N4O. The van der Waals surface area contributed by atoms with Crippen molar-refractivity contribution in [2.24, 2.45) is 0 Å². The van der Waals surface area contributed by atoms with Crippen molar-refractivity contribution in [1.82, 2.24) is 19.6 Å². The second kappa shape index (κ2) is 7.92. The van der Waals surface area contributed by atoms with E-state index in [0.29, 0.717) is 0 Å². The predicted octanol–water partition coefficient (Wildman–Crippen LogP) is 4.09. The molecule has 0 aliphatic rings. The summed E-state index contributed by atoms with van der Waals surface area (Å²) >= 11 is 0. The molecule has 0 saturated heterocycles. The van der Waals surface area contributed by atoms with Crippen molar-refractivity contribution in [2.45, 2.75) is 46.0 Å². The van der Waals surface area contributed by atoms with Crippen molar-refractivity contribution in [3.8, 4) is 0 Å². The third kappa shape index (κ3) is 3.71. The Bertz CT molecular complexity index is 819. The van der Waals surface area contributed by atoms with Crippen LogP contribution in [0.1, 0.15) is 49.2 Å². The maximum absolute atomic E-state index is 12.8. The number of hydrogen-bond acceptors (Lipinski definition) is 3. The normalized spacial score (nSPS) is 11.0. The highest BCUT2D eigenvalue weighted by Crippen LogP contribution is 2.22. The van der Waals surface area contributed by atoms with Gasteiger partial charge in [0.2, 0.25) is 0 Å². The van der Waals surface area contributed by atoms with Gasteiger partial charge in [0.1, 0.15) is 0 Å². The molecular weight excluding hydrogens is 312 g/mol. The van der Waals surface area contributed by atoms with E-state index in [1.807, 2.05) is 18.2 Å². The minimum absolute atomic E-state index is 0.217. The second-order valence-corrected chi connectivity index (χ2v) is 6.18. The summed E-state index contributed by atoms with van der Waals surface area (Å²) in [7, 11) is 0. The van der Waals surface area contributed by atoms with Gasteiger partial charge in [0.15, 0.2) is 0 Å². The van der Waals surface area contributed by atoms with Gasteiger partial charge in [0.25, 0.3) is 0 Å². The van der Waals surface area contributed by atoms with Gasteiger partial charge in [0.05, 0.1) is 11.4 Å². The quantitative estimate of drug-likeness (QED) is 0.681. The fourth-order valence-electron chi connectivity index (χ4n) is 3.14. The van der Waals surface area contributed by atoms with Crippen LogP contribution >= 0.6 is 0 Å². The van der Waals surface area contributed by atoms with Crippen LogP contribution in [-0.4, -0.2) is 25.6 Å². The molecule has 2 heterocycles. The van der Waals surface area contributed by atoms with Crippen molar-refractivity contribution in [2.75, 3.05) is 0 Å². The van der Waals surface area contributed by atoms with Gasteiger partial charge in [-0.25, -0.2) is 4.79 Å². The van der Waals surface area contributed by atoms with Crippen molar-refractivity contribution in [3.63, 3.8) is 0 Å². The lowest BCUT2D eigenvalue weighted by molar-refractivity contribution is 0.237. The average Bonchev–Trinajstić information content (AvgIpc) is 3.26. The first-order valence-corrected chi connectivity index (χ1v) is 8.92. The first kappa shape index (κ1) is 17.1. The molecule has 5 nitrogen and oxygen atoms in total. The van der Waals surface area contributed by atoms with Crippen LogP contribution in [0.2, 0.25) is 0 Å². The van der Waals surface area contributed by atoms with E-state index in [1.165, 1.54) is 15.8 Å². The summed E-state index contributed by atoms with van der Waals surface area (Å²) in [6.07, 6.45) is 7.79. The lowest BCUT2D eigenvalue weighted by Gasteiger charge is -2.07. The Balaban J connectivity index is 2.04. The SMILES string of the molecule is CCCc1c(Cc2ccccc2)nn(C(=O)n2cccn2)c1CCC. The van der Waals surface area contributed by atoms with Gasteiger partial charge in [-0.1, -0.05) is 57.0 Å². The number of carbonyl (C=O) groups excluding carboxylic acids is 1. The molecule has 2 aromatic heterocycles. The molecule has 0 N–H and O–H groups in total. The fraction of sp³-hybridized carbons (Fsp3) is 0.350. The van der Waals surface area contributed by atoms with Crippen LogP contribution in [-0.2, 0) is 19.3 Å². The van der Waals surface area contributed by atoms with Gasteiger partial charge >= 0.3 is 6.03 Å². The van der Waals surface area contributed by atoms with E-state index < -0.39 is 0 Å². The zero-order chi connectivity index (χ0) is 17.6. The number of benzene rings is 1. The maximum Gasteiger partial charge on any atom is 0.369 e. The molecule has 0 saturated carbocycles. The van der Waals surface area contributed by atoms with Crippen LogP contribution in [0.15, 0.2) is 48.8 Å². The topological polar surface area (TPSA) is 52.7 Å². The van der Waals surface area contributed by atoms with E-state index in [2.05, 4.69) is 31.1 Å². The minimum Gasteiger partial charge on any atom is -0.244 e. The van der Waals surface area contributed by atoms with Gasteiger partial charge < -0.3 is 0 Å². The van der Waals surface area contributed by atoms with E-state index in [-0.39, 0.29) is 6.03 Å². The Hall–Kier alpha value is -2.69. The molecule has 0 fully saturated rings. The van der Waals surface area contributed by atoms with E-state index in [9.17, 15) is 4.79 Å². The smallest absolute Gasteiger partial charge is 0.244 e. The van der Waals surface area contributed by atoms with Crippen LogP contribution in [0.5, 0.6) is 0 Å². The molecule has 25 heavy (non-hydrogen) atoms. The van der Waals surface area contributed by atoms with Gasteiger partial charge in [-0.3, -0.25) is 0 Å². The fourth-order valence-corrected chi connectivity index (χ4v) is 3.14. The highest BCUT2D eigenvalue weighted by Gasteiger charge is 2.22. The third-order valence-corrected chi connectivity index (χ3v) is 4.26. The van der Waals surface area contributed by atoms with E-state index in [0.717, 1.165) is 43.5 Å². The molecule has 3 rings (SSSR count). The average molecular weight is 336 g/mol. The van der Waals surface area contributed by atoms with Crippen molar-refractivity contribution >= 4 is 6.03 Å². The molecule has 0 amide bonds. The first-order valence-electron chi connectivity index (χ1n) is 8.92. The molecule has 0 unspecified atom stereocenters. The first-order chi connectivity index (χ1) is 12.2. The molecule has 0 bridgehead atoms. The molecule has 130 valence electrons. The number of aromatic nitrogens is 4. The van der Waals surface area contributed by atoms with Gasteiger partial charge in [-0.05, 0) is 30.0 Å². The summed E-state index contributed by atoms with van der Waals surface area (Å²) in [5, 5.41) is 8.77. The van der Waals surface area contributed by atoms with E-state index in [4.69, 9.17) is 5.10 Å². The molecule has 1 aromatic carbocycles. The number of nitrogens with zero attached hydrogens (tertiary/aromatic N) is 4. The van der Waals surface area contributed by atoms with Crippen LogP contribution < -0.4 is 0 Å². The molecule has 0 radical (unpaired) electrons. The minimum atomic E-state index is -0.217. The molecule has 0 atom stereocenters. The highest BCUT2D eigenvalue weighted by molar-refractivity contribution is 5.78. The van der Waals surface area contributed by atoms with E-state index in [1.54, 1.807) is 23.1 Å². The summed E-state index contributed by atoms with van der Waals surface area (Å²) < 4.78 is 2.90. The lowest BCUT2D eigenvalue weighted by Crippen LogP contribution is -2.23. The second-order valence-electron chi connectivity index (χ2n) is 6.18. The van der Waals surface area contributed by atoms with Crippen LogP contribution in [0, 0.1) is 0 Å². The third-order valence-electron chi connectivity index (χ3n) is 4.26. The molecule has 3 aromatic rings. The van der Waals surface area contributed by atoms with Crippen LogP contribution in [0.4, 0.5) is 4.79 Å². The summed E-state index contributed by atoms with van der Waals surface area (Å²) in [4.78, 5) is 12.8. The Kier molecular flexibility index (Phi) is 5.43. The van der Waals surface area contributed by atoms with Crippen molar-refractivity contribution < 1.29 is 4.79 Å². The molecule has 5 heteroatoms.